The second-order valence-electron chi connectivity index (χ2n) is 4.33. The summed E-state index contributed by atoms with van der Waals surface area (Å²) < 4.78 is 41.7. The number of carbonyl (C=O) groups is 1. The van der Waals surface area contributed by atoms with Crippen LogP contribution >= 0.6 is 0 Å². The van der Waals surface area contributed by atoms with Crippen LogP contribution < -0.4 is 0 Å². The zero-order valence-electron chi connectivity index (χ0n) is 9.56. The average molecular weight is 258 g/mol. The maximum Gasteiger partial charge on any atom is 0.484 e. The van der Waals surface area contributed by atoms with E-state index in [2.05, 4.69) is 0 Å². The van der Waals surface area contributed by atoms with Gasteiger partial charge in [0.05, 0.1) is 0 Å². The molecule has 1 amide bonds. The number of halogens is 3. The SMILES string of the molecule is O=C(OCc1ccccc1)N1CC([B-](F)(F)F)C1. The Balaban J connectivity index is 1.75. The molecule has 1 aromatic rings. The van der Waals surface area contributed by atoms with Crippen LogP contribution in [0.4, 0.5) is 17.7 Å². The van der Waals surface area contributed by atoms with Gasteiger partial charge in [0.25, 0.3) is 0 Å². The van der Waals surface area contributed by atoms with Gasteiger partial charge in [0, 0.05) is 13.1 Å². The van der Waals surface area contributed by atoms with Crippen molar-refractivity contribution in [3.8, 4) is 0 Å². The van der Waals surface area contributed by atoms with Gasteiger partial charge in [-0.2, -0.15) is 0 Å². The highest BCUT2D eigenvalue weighted by atomic mass is 19.4. The predicted molar refractivity (Wildman–Crippen MR) is 61.0 cm³/mol. The average Bonchev–Trinajstić information content (AvgIpc) is 2.24. The predicted octanol–water partition coefficient (Wildman–Crippen LogP) is 2.86. The van der Waals surface area contributed by atoms with Gasteiger partial charge in [0.1, 0.15) is 6.61 Å². The Bertz CT molecular complexity index is 418. The van der Waals surface area contributed by atoms with Crippen molar-refractivity contribution in [2.45, 2.75) is 12.4 Å². The summed E-state index contributed by atoms with van der Waals surface area (Å²) in [5, 5.41) is 0. The minimum atomic E-state index is -4.84. The lowest BCUT2D eigenvalue weighted by Gasteiger charge is -2.43. The molecule has 1 aliphatic rings. The molecule has 0 N–H and O–H groups in total. The van der Waals surface area contributed by atoms with Crippen LogP contribution in [0.1, 0.15) is 5.56 Å². The van der Waals surface area contributed by atoms with Crippen LogP contribution in [0.15, 0.2) is 30.3 Å². The second-order valence-corrected chi connectivity index (χ2v) is 4.33. The number of likely N-dealkylation sites (tertiary alicyclic amines) is 1. The van der Waals surface area contributed by atoms with E-state index in [1.54, 1.807) is 24.3 Å². The number of ether oxygens (including phenoxy) is 1. The molecular formula is C11H12BF3NO2-. The summed E-state index contributed by atoms with van der Waals surface area (Å²) >= 11 is 0. The Hall–Kier alpha value is -1.66. The molecule has 1 fully saturated rings. The molecule has 1 aliphatic heterocycles. The monoisotopic (exact) mass is 258 g/mol. The van der Waals surface area contributed by atoms with Gasteiger partial charge in [-0.1, -0.05) is 30.3 Å². The number of hydrogen-bond acceptors (Lipinski definition) is 2. The highest BCUT2D eigenvalue weighted by Gasteiger charge is 2.44. The second kappa shape index (κ2) is 4.92. The number of amides is 1. The minimum Gasteiger partial charge on any atom is -0.449 e. The lowest BCUT2D eigenvalue weighted by atomic mass is 9.68. The Morgan fingerprint density at radius 3 is 2.44 bits per heavy atom. The van der Waals surface area contributed by atoms with Crippen molar-refractivity contribution in [1.82, 2.24) is 4.90 Å². The fourth-order valence-electron chi connectivity index (χ4n) is 1.71. The molecule has 0 saturated carbocycles. The van der Waals surface area contributed by atoms with Crippen LogP contribution in [0, 0.1) is 0 Å². The van der Waals surface area contributed by atoms with Crippen molar-refractivity contribution in [3.63, 3.8) is 0 Å². The van der Waals surface area contributed by atoms with E-state index >= 15 is 0 Å². The van der Waals surface area contributed by atoms with Crippen molar-refractivity contribution >= 4 is 13.1 Å². The van der Waals surface area contributed by atoms with Crippen LogP contribution in [0.2, 0.25) is 5.82 Å². The van der Waals surface area contributed by atoms with E-state index in [0.29, 0.717) is 0 Å². The third kappa shape index (κ3) is 2.97. The van der Waals surface area contributed by atoms with Crippen molar-refractivity contribution in [2.75, 3.05) is 13.1 Å². The van der Waals surface area contributed by atoms with E-state index in [-0.39, 0.29) is 19.7 Å². The molecule has 0 atom stereocenters. The minimum absolute atomic E-state index is 0.0813. The van der Waals surface area contributed by atoms with Gasteiger partial charge in [-0.3, -0.25) is 0 Å². The molecule has 1 heterocycles. The Kier molecular flexibility index (Phi) is 3.49. The standard InChI is InChI=1S/C11H12BF3NO2/c13-12(14,15)10-6-16(7-10)11(17)18-8-9-4-2-1-3-5-9/h1-5,10H,6-8H2/q-1. The number of hydrogen-bond donors (Lipinski definition) is 0. The van der Waals surface area contributed by atoms with E-state index < -0.39 is 18.9 Å². The first-order valence-electron chi connectivity index (χ1n) is 5.62. The fourth-order valence-corrected chi connectivity index (χ4v) is 1.71. The summed E-state index contributed by atoms with van der Waals surface area (Å²) in [5.41, 5.74) is 0.808. The molecule has 7 heteroatoms. The quantitative estimate of drug-likeness (QED) is 0.780. The Morgan fingerprint density at radius 1 is 1.28 bits per heavy atom. The normalized spacial score (nSPS) is 16.3. The molecule has 0 bridgehead atoms. The molecular weight excluding hydrogens is 246 g/mol. The molecule has 0 spiro atoms. The largest absolute Gasteiger partial charge is 0.484 e. The lowest BCUT2D eigenvalue weighted by molar-refractivity contribution is 0.0701. The zero-order chi connectivity index (χ0) is 13.2. The van der Waals surface area contributed by atoms with Crippen LogP contribution in [0.3, 0.4) is 0 Å². The molecule has 0 aromatic heterocycles. The first kappa shape index (κ1) is 12.8. The summed E-state index contributed by atoms with van der Waals surface area (Å²) in [5.74, 6) is -1.35. The first-order chi connectivity index (χ1) is 8.47. The number of carbonyl (C=O) groups excluding carboxylic acids is 1. The molecule has 0 unspecified atom stereocenters. The molecule has 2 rings (SSSR count). The van der Waals surface area contributed by atoms with E-state index in [4.69, 9.17) is 4.74 Å². The first-order valence-corrected chi connectivity index (χ1v) is 5.62. The summed E-state index contributed by atoms with van der Waals surface area (Å²) in [6, 6.07) is 9.00. The molecule has 18 heavy (non-hydrogen) atoms. The van der Waals surface area contributed by atoms with E-state index in [1.165, 1.54) is 0 Å². The number of nitrogens with zero attached hydrogens (tertiary/aromatic N) is 1. The molecule has 1 aromatic carbocycles. The highest BCUT2D eigenvalue weighted by molar-refractivity contribution is 6.60. The molecule has 3 nitrogen and oxygen atoms in total. The summed E-state index contributed by atoms with van der Waals surface area (Å²) in [6.45, 7) is -5.32. The van der Waals surface area contributed by atoms with Gasteiger partial charge in [-0.15, -0.1) is 0 Å². The molecule has 1 saturated heterocycles. The summed E-state index contributed by atoms with van der Waals surface area (Å²) in [4.78, 5) is 12.5. The Morgan fingerprint density at radius 2 is 1.89 bits per heavy atom. The van der Waals surface area contributed by atoms with Crippen molar-refractivity contribution in [1.29, 1.82) is 0 Å². The van der Waals surface area contributed by atoms with Crippen LogP contribution in [-0.4, -0.2) is 31.1 Å². The van der Waals surface area contributed by atoms with Gasteiger partial charge in [0.2, 0.25) is 0 Å². The third-order valence-electron chi connectivity index (χ3n) is 2.91. The number of benzene rings is 1. The van der Waals surface area contributed by atoms with E-state index in [1.807, 2.05) is 6.07 Å². The number of rotatable bonds is 3. The summed E-state index contributed by atoms with van der Waals surface area (Å²) in [7, 11) is 0. The van der Waals surface area contributed by atoms with Gasteiger partial charge in [-0.05, 0) is 11.4 Å². The maximum absolute atomic E-state index is 12.3. The van der Waals surface area contributed by atoms with Gasteiger partial charge in [0.15, 0.2) is 0 Å². The molecule has 98 valence electrons. The van der Waals surface area contributed by atoms with Gasteiger partial charge < -0.3 is 22.6 Å². The summed E-state index contributed by atoms with van der Waals surface area (Å²) in [6.07, 6.45) is -0.685. The Labute approximate surface area is 103 Å². The van der Waals surface area contributed by atoms with Crippen molar-refractivity contribution < 1.29 is 22.5 Å². The third-order valence-corrected chi connectivity index (χ3v) is 2.91. The highest BCUT2D eigenvalue weighted by Crippen LogP contribution is 2.35. The van der Waals surface area contributed by atoms with Crippen LogP contribution in [0.5, 0.6) is 0 Å². The zero-order valence-corrected chi connectivity index (χ0v) is 9.56. The van der Waals surface area contributed by atoms with Crippen molar-refractivity contribution in [2.24, 2.45) is 0 Å². The van der Waals surface area contributed by atoms with E-state index in [9.17, 15) is 17.7 Å². The van der Waals surface area contributed by atoms with Crippen molar-refractivity contribution in [3.05, 3.63) is 35.9 Å². The molecule has 0 aliphatic carbocycles. The van der Waals surface area contributed by atoms with Gasteiger partial charge >= 0.3 is 13.1 Å². The maximum atomic E-state index is 12.3. The lowest BCUT2D eigenvalue weighted by Crippen LogP contribution is -2.53. The van der Waals surface area contributed by atoms with Gasteiger partial charge in [-0.25, -0.2) is 4.79 Å². The molecule has 0 radical (unpaired) electrons. The smallest absolute Gasteiger partial charge is 0.449 e. The van der Waals surface area contributed by atoms with Crippen LogP contribution in [0.25, 0.3) is 0 Å². The van der Waals surface area contributed by atoms with E-state index in [0.717, 1.165) is 10.5 Å². The fraction of sp³-hybridized carbons (Fsp3) is 0.364. The van der Waals surface area contributed by atoms with Crippen LogP contribution in [-0.2, 0) is 11.3 Å². The topological polar surface area (TPSA) is 29.5 Å².